The summed E-state index contributed by atoms with van der Waals surface area (Å²) in [6.45, 7) is 11.1. The van der Waals surface area contributed by atoms with Gasteiger partial charge in [-0.2, -0.15) is 11.5 Å². The minimum absolute atomic E-state index is 0.292. The van der Waals surface area contributed by atoms with Crippen LogP contribution in [0.25, 0.3) is 0 Å². The third-order valence-electron chi connectivity index (χ3n) is 2.22. The molecule has 0 spiro atoms. The third kappa shape index (κ3) is 4.43. The van der Waals surface area contributed by atoms with Crippen molar-refractivity contribution in [2.75, 3.05) is 0 Å². The van der Waals surface area contributed by atoms with E-state index in [0.29, 0.717) is 6.13 Å². The second-order valence-electron chi connectivity index (χ2n) is 4.54. The van der Waals surface area contributed by atoms with Crippen LogP contribution in [0.1, 0.15) is 27.7 Å². The Balaban J connectivity index is 0.000000364. The van der Waals surface area contributed by atoms with Crippen LogP contribution in [0.2, 0.25) is 13.6 Å². The van der Waals surface area contributed by atoms with Crippen LogP contribution in [0.3, 0.4) is 0 Å². The third-order valence-corrected chi connectivity index (χ3v) is 2.40. The normalized spacial score (nSPS) is 22.7. The first-order valence-corrected chi connectivity index (χ1v) is 5.59. The van der Waals surface area contributed by atoms with Gasteiger partial charge in [0, 0.05) is 0 Å². The van der Waals surface area contributed by atoms with E-state index in [9.17, 15) is 0 Å². The van der Waals surface area contributed by atoms with Crippen molar-refractivity contribution in [3.63, 3.8) is 0 Å². The van der Waals surface area contributed by atoms with E-state index in [2.05, 4.69) is 0 Å². The molecule has 6 heteroatoms. The van der Waals surface area contributed by atoms with Gasteiger partial charge in [-0.3, -0.25) is 0 Å². The molecular weight excluding hydrogens is 221 g/mol. The fourth-order valence-corrected chi connectivity index (χ4v) is 1.22. The molecule has 0 N–H and O–H groups in total. The van der Waals surface area contributed by atoms with Gasteiger partial charge in [0.25, 0.3) is 0 Å². The SMILES string of the molecule is CB(C)Cl.CC1(C)OB(Cl)OC1(C)C. The Hall–Kier alpha value is 0.630. The van der Waals surface area contributed by atoms with Crippen molar-refractivity contribution in [2.45, 2.75) is 52.5 Å². The van der Waals surface area contributed by atoms with Crippen molar-refractivity contribution in [2.24, 2.45) is 0 Å². The van der Waals surface area contributed by atoms with Crippen LogP contribution < -0.4 is 0 Å². The molecule has 82 valence electrons. The maximum absolute atomic E-state index is 5.64. The summed E-state index contributed by atoms with van der Waals surface area (Å²) in [6, 6.07) is 0. The zero-order valence-electron chi connectivity index (χ0n) is 9.73. The fourth-order valence-electron chi connectivity index (χ4n) is 0.771. The topological polar surface area (TPSA) is 18.5 Å². The van der Waals surface area contributed by atoms with E-state index in [-0.39, 0.29) is 11.2 Å². The summed E-state index contributed by atoms with van der Waals surface area (Å²) in [5.74, 6) is 0. The van der Waals surface area contributed by atoms with Gasteiger partial charge in [0.1, 0.15) is 0 Å². The monoisotopic (exact) mass is 238 g/mol. The predicted molar refractivity (Wildman–Crippen MR) is 65.3 cm³/mol. The molecule has 1 aliphatic heterocycles. The lowest BCUT2D eigenvalue weighted by Crippen LogP contribution is -2.41. The Morgan fingerprint density at radius 2 is 1.21 bits per heavy atom. The summed E-state index contributed by atoms with van der Waals surface area (Å²) in [5.41, 5.74) is -0.584. The highest BCUT2D eigenvalue weighted by Gasteiger charge is 2.50. The van der Waals surface area contributed by atoms with Crippen LogP contribution in [0.5, 0.6) is 0 Å². The van der Waals surface area contributed by atoms with E-state index >= 15 is 0 Å². The fraction of sp³-hybridized carbons (Fsp3) is 1.00. The zero-order valence-corrected chi connectivity index (χ0v) is 11.2. The maximum atomic E-state index is 5.64. The van der Waals surface area contributed by atoms with Gasteiger partial charge in [-0.05, 0) is 27.7 Å². The van der Waals surface area contributed by atoms with E-state index in [1.807, 2.05) is 41.3 Å². The second-order valence-corrected chi connectivity index (χ2v) is 5.77. The largest absolute Gasteiger partial charge is 0.572 e. The van der Waals surface area contributed by atoms with Gasteiger partial charge in [-0.15, -0.1) is 11.5 Å². The maximum Gasteiger partial charge on any atom is 0.572 e. The molecule has 2 nitrogen and oxygen atoms in total. The van der Waals surface area contributed by atoms with Crippen LogP contribution in [0.15, 0.2) is 0 Å². The van der Waals surface area contributed by atoms with Crippen LogP contribution in [0, 0.1) is 0 Å². The van der Waals surface area contributed by atoms with Crippen LogP contribution in [-0.2, 0) is 9.31 Å². The summed E-state index contributed by atoms with van der Waals surface area (Å²) in [6.07, 6.45) is 0.306. The van der Waals surface area contributed by atoms with Crippen LogP contribution in [-0.4, -0.2) is 23.9 Å². The Morgan fingerprint density at radius 1 is 1.00 bits per heavy atom. The summed E-state index contributed by atoms with van der Waals surface area (Å²) in [4.78, 5) is 0. The van der Waals surface area contributed by atoms with Crippen molar-refractivity contribution in [1.29, 1.82) is 0 Å². The van der Waals surface area contributed by atoms with Crippen molar-refractivity contribution in [3.8, 4) is 0 Å². The van der Waals surface area contributed by atoms with Crippen molar-refractivity contribution in [3.05, 3.63) is 0 Å². The molecule has 1 heterocycles. The van der Waals surface area contributed by atoms with Gasteiger partial charge < -0.3 is 9.31 Å². The zero-order chi connectivity index (χ0) is 11.6. The number of hydrogen-bond acceptors (Lipinski definition) is 2. The van der Waals surface area contributed by atoms with Crippen molar-refractivity contribution >= 4 is 35.6 Å². The molecular formula is C8H18B2Cl2O2. The molecule has 1 saturated heterocycles. The summed E-state index contributed by atoms with van der Waals surface area (Å²) >= 11 is 10.9. The lowest BCUT2D eigenvalue weighted by atomic mass is 9.85. The second kappa shape index (κ2) is 5.11. The Kier molecular flexibility index (Phi) is 5.34. The lowest BCUT2D eigenvalue weighted by Gasteiger charge is -2.32. The number of halogens is 2. The molecule has 0 aromatic rings. The van der Waals surface area contributed by atoms with Crippen LogP contribution >= 0.6 is 22.9 Å². The highest BCUT2D eigenvalue weighted by atomic mass is 35.5. The molecule has 1 fully saturated rings. The van der Waals surface area contributed by atoms with Gasteiger partial charge in [0.2, 0.25) is 6.13 Å². The molecule has 0 saturated carbocycles. The molecule has 0 bridgehead atoms. The van der Waals surface area contributed by atoms with Gasteiger partial charge >= 0.3 is 6.53 Å². The molecule has 0 unspecified atom stereocenters. The van der Waals surface area contributed by atoms with Gasteiger partial charge in [-0.25, -0.2) is 0 Å². The molecule has 0 aromatic carbocycles. The molecule has 0 radical (unpaired) electrons. The van der Waals surface area contributed by atoms with E-state index in [0.717, 1.165) is 0 Å². The first-order chi connectivity index (χ1) is 6.08. The van der Waals surface area contributed by atoms with Gasteiger partial charge in [0.15, 0.2) is 0 Å². The highest BCUT2D eigenvalue weighted by Crippen LogP contribution is 2.37. The quantitative estimate of drug-likeness (QED) is 0.603. The molecule has 0 amide bonds. The van der Waals surface area contributed by atoms with Crippen LogP contribution in [0.4, 0.5) is 0 Å². The van der Waals surface area contributed by atoms with Gasteiger partial charge in [0.05, 0.1) is 11.2 Å². The van der Waals surface area contributed by atoms with E-state index in [4.69, 9.17) is 32.2 Å². The standard InChI is InChI=1S/C6H12BClO2.C2H6BCl/c1-5(2)6(3,4)10-7(8)9-5;1-3(2)4/h1-4H3;1-2H3. The molecule has 14 heavy (non-hydrogen) atoms. The minimum Gasteiger partial charge on any atom is -0.390 e. The Bertz CT molecular complexity index is 167. The lowest BCUT2D eigenvalue weighted by molar-refractivity contribution is 0.00578. The van der Waals surface area contributed by atoms with Crippen molar-refractivity contribution < 1.29 is 9.31 Å². The predicted octanol–water partition coefficient (Wildman–Crippen LogP) is 3.29. The molecule has 1 aliphatic rings. The highest BCUT2D eigenvalue weighted by molar-refractivity contribution is 7.05. The van der Waals surface area contributed by atoms with Gasteiger partial charge in [-0.1, -0.05) is 13.6 Å². The minimum atomic E-state index is -0.593. The summed E-state index contributed by atoms with van der Waals surface area (Å²) in [5, 5.41) is 0. The molecule has 0 aliphatic carbocycles. The summed E-state index contributed by atoms with van der Waals surface area (Å²) in [7, 11) is 0. The first-order valence-electron chi connectivity index (χ1n) is 4.72. The Morgan fingerprint density at radius 3 is 1.29 bits per heavy atom. The average Bonchev–Trinajstić information content (AvgIpc) is 1.96. The van der Waals surface area contributed by atoms with E-state index < -0.39 is 6.53 Å². The summed E-state index contributed by atoms with van der Waals surface area (Å²) < 4.78 is 10.6. The number of rotatable bonds is 0. The van der Waals surface area contributed by atoms with E-state index in [1.165, 1.54) is 0 Å². The molecule has 0 aromatic heterocycles. The van der Waals surface area contributed by atoms with E-state index in [1.54, 1.807) is 0 Å². The Labute approximate surface area is 97.7 Å². The number of hydrogen-bond donors (Lipinski definition) is 0. The molecule has 1 rings (SSSR count). The smallest absolute Gasteiger partial charge is 0.390 e. The van der Waals surface area contributed by atoms with Crippen molar-refractivity contribution in [1.82, 2.24) is 0 Å². The molecule has 0 atom stereocenters. The first kappa shape index (κ1) is 14.6. The average molecular weight is 239 g/mol.